The molecule has 1 aliphatic rings. The molecule has 3 aromatic rings. The molecule has 6 heteroatoms. The fraction of sp³-hybridized carbons (Fsp3) is 0.259. The first kappa shape index (κ1) is 22.4. The molecule has 33 heavy (non-hydrogen) atoms. The van der Waals surface area contributed by atoms with Crippen LogP contribution in [0.2, 0.25) is 0 Å². The topological polar surface area (TPSA) is 67.9 Å². The maximum atomic E-state index is 12.8. The largest absolute Gasteiger partial charge is 0.494 e. The van der Waals surface area contributed by atoms with Crippen LogP contribution in [0.1, 0.15) is 24.5 Å². The Bertz CT molecular complexity index is 1140. The van der Waals surface area contributed by atoms with Crippen LogP contribution < -0.4 is 19.7 Å². The first-order valence-electron chi connectivity index (χ1n) is 11.1. The van der Waals surface area contributed by atoms with Gasteiger partial charge in [0.15, 0.2) is 0 Å². The number of carbonyl (C=O) groups is 2. The molecule has 0 aliphatic carbocycles. The minimum Gasteiger partial charge on any atom is -0.494 e. The second-order valence-electron chi connectivity index (χ2n) is 8.19. The summed E-state index contributed by atoms with van der Waals surface area (Å²) in [4.78, 5) is 26.9. The summed E-state index contributed by atoms with van der Waals surface area (Å²) >= 11 is 0. The van der Waals surface area contributed by atoms with E-state index in [4.69, 9.17) is 9.47 Å². The molecule has 1 N–H and O–H groups in total. The number of amides is 2. The molecule has 1 heterocycles. The van der Waals surface area contributed by atoms with Gasteiger partial charge in [0.05, 0.1) is 12.5 Å². The van der Waals surface area contributed by atoms with Gasteiger partial charge in [-0.05, 0) is 92.6 Å². The Hall–Kier alpha value is -3.80. The van der Waals surface area contributed by atoms with Crippen LogP contribution in [0, 0.1) is 19.8 Å². The third-order valence-corrected chi connectivity index (χ3v) is 5.79. The second-order valence-corrected chi connectivity index (χ2v) is 8.19. The van der Waals surface area contributed by atoms with Gasteiger partial charge in [-0.1, -0.05) is 6.07 Å². The van der Waals surface area contributed by atoms with Gasteiger partial charge in [-0.15, -0.1) is 0 Å². The van der Waals surface area contributed by atoms with Crippen LogP contribution in [0.15, 0.2) is 66.7 Å². The standard InChI is InChI=1S/C27H28N2O4/c1-4-32-23-13-8-22(9-14-23)29-17-20(16-26(29)30)27(31)28-21-6-11-24(12-7-21)33-25-10-5-18(2)19(3)15-25/h5-15,20H,4,16-17H2,1-3H3,(H,28,31)/t20-/m0/s1. The normalized spacial score (nSPS) is 15.4. The highest BCUT2D eigenvalue weighted by atomic mass is 16.5. The number of ether oxygens (including phenoxy) is 2. The zero-order chi connectivity index (χ0) is 23.4. The minimum absolute atomic E-state index is 0.0588. The molecule has 170 valence electrons. The van der Waals surface area contributed by atoms with E-state index < -0.39 is 5.92 Å². The van der Waals surface area contributed by atoms with Gasteiger partial charge in [-0.3, -0.25) is 9.59 Å². The van der Waals surface area contributed by atoms with E-state index in [0.29, 0.717) is 24.6 Å². The molecule has 0 unspecified atom stereocenters. The Kier molecular flexibility index (Phi) is 6.63. The summed E-state index contributed by atoms with van der Waals surface area (Å²) in [7, 11) is 0. The van der Waals surface area contributed by atoms with Crippen LogP contribution >= 0.6 is 0 Å². The summed E-state index contributed by atoms with van der Waals surface area (Å²) < 4.78 is 11.4. The number of nitrogens with zero attached hydrogens (tertiary/aromatic N) is 1. The molecule has 1 fully saturated rings. The molecule has 0 bridgehead atoms. The number of aryl methyl sites for hydroxylation is 2. The van der Waals surface area contributed by atoms with E-state index in [2.05, 4.69) is 12.2 Å². The van der Waals surface area contributed by atoms with Gasteiger partial charge in [0, 0.05) is 24.3 Å². The van der Waals surface area contributed by atoms with Crippen molar-refractivity contribution in [3.05, 3.63) is 77.9 Å². The maximum Gasteiger partial charge on any atom is 0.229 e. The lowest BCUT2D eigenvalue weighted by molar-refractivity contribution is -0.122. The number of rotatable bonds is 7. The number of benzene rings is 3. The number of hydrogen-bond acceptors (Lipinski definition) is 4. The molecule has 0 saturated carbocycles. The Balaban J connectivity index is 1.35. The van der Waals surface area contributed by atoms with Crippen LogP contribution in [0.25, 0.3) is 0 Å². The van der Waals surface area contributed by atoms with E-state index in [1.165, 1.54) is 11.1 Å². The second kappa shape index (κ2) is 9.77. The Morgan fingerprint density at radius 2 is 1.61 bits per heavy atom. The Labute approximate surface area is 194 Å². The van der Waals surface area contributed by atoms with Crippen molar-refractivity contribution in [1.29, 1.82) is 0 Å². The van der Waals surface area contributed by atoms with E-state index in [0.717, 1.165) is 17.2 Å². The van der Waals surface area contributed by atoms with Crippen molar-refractivity contribution in [2.45, 2.75) is 27.2 Å². The molecule has 6 nitrogen and oxygen atoms in total. The predicted octanol–water partition coefficient (Wildman–Crippen LogP) is 5.49. The molecule has 1 atom stereocenters. The van der Waals surface area contributed by atoms with Crippen molar-refractivity contribution < 1.29 is 19.1 Å². The zero-order valence-electron chi connectivity index (χ0n) is 19.1. The van der Waals surface area contributed by atoms with Crippen molar-refractivity contribution in [3.63, 3.8) is 0 Å². The highest BCUT2D eigenvalue weighted by molar-refractivity contribution is 6.03. The van der Waals surface area contributed by atoms with Crippen LogP contribution in [0.3, 0.4) is 0 Å². The molecule has 0 spiro atoms. The fourth-order valence-corrected chi connectivity index (χ4v) is 3.79. The smallest absolute Gasteiger partial charge is 0.229 e. The minimum atomic E-state index is -0.407. The average molecular weight is 445 g/mol. The lowest BCUT2D eigenvalue weighted by Crippen LogP contribution is -2.28. The van der Waals surface area contributed by atoms with E-state index >= 15 is 0 Å². The summed E-state index contributed by atoms with van der Waals surface area (Å²) in [5.74, 6) is 1.58. The Morgan fingerprint density at radius 3 is 2.27 bits per heavy atom. The average Bonchev–Trinajstić information content (AvgIpc) is 3.20. The molecule has 0 radical (unpaired) electrons. The number of nitrogens with one attached hydrogen (secondary N) is 1. The predicted molar refractivity (Wildman–Crippen MR) is 129 cm³/mol. The van der Waals surface area contributed by atoms with Gasteiger partial charge in [0.25, 0.3) is 0 Å². The van der Waals surface area contributed by atoms with Crippen molar-refractivity contribution in [2.24, 2.45) is 5.92 Å². The first-order valence-corrected chi connectivity index (χ1v) is 11.1. The third-order valence-electron chi connectivity index (χ3n) is 5.79. The SMILES string of the molecule is CCOc1ccc(N2C[C@@H](C(=O)Nc3ccc(Oc4ccc(C)c(C)c4)cc3)CC2=O)cc1. The quantitative estimate of drug-likeness (QED) is 0.524. The summed E-state index contributed by atoms with van der Waals surface area (Å²) in [6, 6.07) is 20.6. The van der Waals surface area contributed by atoms with Gasteiger partial charge >= 0.3 is 0 Å². The van der Waals surface area contributed by atoms with Crippen LogP contribution in [0.4, 0.5) is 11.4 Å². The summed E-state index contributed by atoms with van der Waals surface area (Å²) in [6.45, 7) is 6.97. The Morgan fingerprint density at radius 1 is 0.939 bits per heavy atom. The van der Waals surface area contributed by atoms with Crippen LogP contribution in [-0.4, -0.2) is 25.0 Å². The van der Waals surface area contributed by atoms with Crippen molar-refractivity contribution in [3.8, 4) is 17.2 Å². The monoisotopic (exact) mass is 444 g/mol. The van der Waals surface area contributed by atoms with E-state index in [-0.39, 0.29) is 18.2 Å². The molecule has 0 aromatic heterocycles. The highest BCUT2D eigenvalue weighted by Crippen LogP contribution is 2.29. The van der Waals surface area contributed by atoms with Crippen molar-refractivity contribution in [1.82, 2.24) is 0 Å². The molecule has 1 saturated heterocycles. The van der Waals surface area contributed by atoms with Crippen LogP contribution in [-0.2, 0) is 9.59 Å². The first-order chi connectivity index (χ1) is 15.9. The van der Waals surface area contributed by atoms with Gasteiger partial charge in [0.1, 0.15) is 17.2 Å². The number of carbonyl (C=O) groups excluding carboxylic acids is 2. The van der Waals surface area contributed by atoms with Gasteiger partial charge < -0.3 is 19.7 Å². The summed E-state index contributed by atoms with van der Waals surface area (Å²) in [5, 5.41) is 2.92. The maximum absolute atomic E-state index is 12.8. The van der Waals surface area contributed by atoms with E-state index in [9.17, 15) is 9.59 Å². The van der Waals surface area contributed by atoms with E-state index in [1.54, 1.807) is 17.0 Å². The molecule has 3 aromatic carbocycles. The third kappa shape index (κ3) is 5.34. The van der Waals surface area contributed by atoms with Crippen molar-refractivity contribution in [2.75, 3.05) is 23.4 Å². The van der Waals surface area contributed by atoms with Gasteiger partial charge in [0.2, 0.25) is 11.8 Å². The summed E-state index contributed by atoms with van der Waals surface area (Å²) in [6.07, 6.45) is 0.188. The molecular formula is C27H28N2O4. The lowest BCUT2D eigenvalue weighted by atomic mass is 10.1. The molecule has 2 amide bonds. The van der Waals surface area contributed by atoms with E-state index in [1.807, 2.05) is 68.4 Å². The van der Waals surface area contributed by atoms with Crippen LogP contribution in [0.5, 0.6) is 17.2 Å². The van der Waals surface area contributed by atoms with Gasteiger partial charge in [-0.25, -0.2) is 0 Å². The zero-order valence-corrected chi connectivity index (χ0v) is 19.1. The highest BCUT2D eigenvalue weighted by Gasteiger charge is 2.35. The lowest BCUT2D eigenvalue weighted by Gasteiger charge is -2.17. The number of anilines is 2. The number of hydrogen-bond donors (Lipinski definition) is 1. The fourth-order valence-electron chi connectivity index (χ4n) is 3.79. The molecule has 4 rings (SSSR count). The molecule has 1 aliphatic heterocycles. The van der Waals surface area contributed by atoms with Gasteiger partial charge in [-0.2, -0.15) is 0 Å². The molecular weight excluding hydrogens is 416 g/mol. The van der Waals surface area contributed by atoms with Crippen molar-refractivity contribution >= 4 is 23.2 Å². The summed E-state index contributed by atoms with van der Waals surface area (Å²) in [5.41, 5.74) is 3.82.